The van der Waals surface area contributed by atoms with Gasteiger partial charge in [-0.2, -0.15) is 0 Å². The van der Waals surface area contributed by atoms with Gasteiger partial charge in [-0.05, 0) is 35.9 Å². The molecule has 6 nitrogen and oxygen atoms in total. The molecule has 0 saturated carbocycles. The van der Waals surface area contributed by atoms with Gasteiger partial charge in [0, 0.05) is 23.7 Å². The third-order valence-electron chi connectivity index (χ3n) is 3.96. The summed E-state index contributed by atoms with van der Waals surface area (Å²) in [5.41, 5.74) is 8.51. The summed E-state index contributed by atoms with van der Waals surface area (Å²) in [4.78, 5) is 15.9. The van der Waals surface area contributed by atoms with Crippen LogP contribution in [0.15, 0.2) is 48.7 Å². The number of fused-ring (bicyclic) bond motifs is 2. The van der Waals surface area contributed by atoms with E-state index < -0.39 is 5.91 Å². The van der Waals surface area contributed by atoms with Crippen molar-refractivity contribution in [2.45, 2.75) is 6.54 Å². The number of amides is 1. The summed E-state index contributed by atoms with van der Waals surface area (Å²) in [5, 5.41) is 4.09. The number of aromatic nitrogens is 1. The monoisotopic (exact) mass is 321 g/mol. The first-order valence-corrected chi connectivity index (χ1v) is 7.52. The van der Waals surface area contributed by atoms with Crippen LogP contribution in [0, 0.1) is 0 Å². The van der Waals surface area contributed by atoms with E-state index in [1.807, 2.05) is 30.3 Å². The Hall–Kier alpha value is -3.28. The van der Waals surface area contributed by atoms with Crippen molar-refractivity contribution in [1.29, 1.82) is 0 Å². The highest BCUT2D eigenvalue weighted by Gasteiger charge is 2.14. The molecule has 6 heteroatoms. The summed E-state index contributed by atoms with van der Waals surface area (Å²) in [6.07, 6.45) is 1.69. The first-order valence-electron chi connectivity index (χ1n) is 7.52. The van der Waals surface area contributed by atoms with Crippen LogP contribution in [0.5, 0.6) is 11.5 Å². The molecule has 4 rings (SSSR count). The van der Waals surface area contributed by atoms with E-state index in [1.165, 1.54) is 0 Å². The Balaban J connectivity index is 1.63. The molecule has 0 spiro atoms. The normalized spacial score (nSPS) is 12.3. The maximum Gasteiger partial charge on any atom is 0.249 e. The van der Waals surface area contributed by atoms with Crippen molar-refractivity contribution in [1.82, 2.24) is 4.98 Å². The number of hydrogen-bond acceptors (Lipinski definition) is 5. The maximum atomic E-state index is 11.6. The summed E-state index contributed by atoms with van der Waals surface area (Å²) in [7, 11) is 0. The molecule has 2 heterocycles. The van der Waals surface area contributed by atoms with Crippen LogP contribution in [0.3, 0.4) is 0 Å². The number of pyridine rings is 1. The summed E-state index contributed by atoms with van der Waals surface area (Å²) in [5.74, 6) is 1.05. The van der Waals surface area contributed by atoms with Gasteiger partial charge in [0.15, 0.2) is 11.5 Å². The van der Waals surface area contributed by atoms with E-state index in [9.17, 15) is 4.79 Å². The predicted molar refractivity (Wildman–Crippen MR) is 90.2 cm³/mol. The molecule has 0 fully saturated rings. The highest BCUT2D eigenvalue weighted by molar-refractivity contribution is 6.08. The second kappa shape index (κ2) is 5.73. The lowest BCUT2D eigenvalue weighted by Gasteiger charge is -2.11. The number of rotatable bonds is 4. The van der Waals surface area contributed by atoms with E-state index in [0.717, 1.165) is 33.7 Å². The van der Waals surface area contributed by atoms with Crippen molar-refractivity contribution in [2.75, 3.05) is 12.1 Å². The Kier molecular flexibility index (Phi) is 3.42. The van der Waals surface area contributed by atoms with Crippen LogP contribution in [0.1, 0.15) is 15.9 Å². The minimum atomic E-state index is -0.463. The van der Waals surface area contributed by atoms with Gasteiger partial charge >= 0.3 is 0 Å². The molecule has 120 valence electrons. The molecule has 2 aromatic carbocycles. The van der Waals surface area contributed by atoms with E-state index >= 15 is 0 Å². The Morgan fingerprint density at radius 3 is 2.92 bits per heavy atom. The third-order valence-corrected chi connectivity index (χ3v) is 3.96. The number of ether oxygens (including phenoxy) is 2. The first-order chi connectivity index (χ1) is 11.7. The fourth-order valence-corrected chi connectivity index (χ4v) is 2.78. The Morgan fingerprint density at radius 2 is 2.04 bits per heavy atom. The largest absolute Gasteiger partial charge is 0.454 e. The quantitative estimate of drug-likeness (QED) is 0.771. The topological polar surface area (TPSA) is 86.5 Å². The Labute approximate surface area is 138 Å². The van der Waals surface area contributed by atoms with Crippen LogP contribution in [-0.2, 0) is 6.54 Å². The minimum absolute atomic E-state index is 0.259. The Bertz CT molecular complexity index is 940. The van der Waals surface area contributed by atoms with Gasteiger partial charge in [-0.15, -0.1) is 0 Å². The molecule has 0 bridgehead atoms. The molecule has 1 amide bonds. The van der Waals surface area contributed by atoms with Crippen LogP contribution in [0.4, 0.5) is 5.69 Å². The predicted octanol–water partition coefficient (Wildman–Crippen LogP) is 2.67. The summed E-state index contributed by atoms with van der Waals surface area (Å²) < 4.78 is 10.7. The van der Waals surface area contributed by atoms with Crippen LogP contribution >= 0.6 is 0 Å². The fourth-order valence-electron chi connectivity index (χ4n) is 2.78. The minimum Gasteiger partial charge on any atom is -0.454 e. The molecule has 24 heavy (non-hydrogen) atoms. The van der Waals surface area contributed by atoms with Gasteiger partial charge in [0.2, 0.25) is 12.7 Å². The van der Waals surface area contributed by atoms with Gasteiger partial charge < -0.3 is 20.5 Å². The highest BCUT2D eigenvalue weighted by Crippen LogP contribution is 2.33. The number of primary amides is 1. The lowest BCUT2D eigenvalue weighted by molar-refractivity contribution is 0.100. The molecule has 0 unspecified atom stereocenters. The third kappa shape index (κ3) is 2.48. The van der Waals surface area contributed by atoms with Crippen LogP contribution in [0.25, 0.3) is 10.9 Å². The molecule has 0 atom stereocenters. The zero-order chi connectivity index (χ0) is 16.5. The van der Waals surface area contributed by atoms with E-state index in [2.05, 4.69) is 10.3 Å². The standard InChI is InChI=1S/C18H15N3O3/c19-18(22)13-4-5-14(17-12(13)2-1-7-20-17)21-9-11-3-6-15-16(8-11)24-10-23-15/h1-8,21H,9-10H2,(H2,19,22). The lowest BCUT2D eigenvalue weighted by atomic mass is 10.1. The molecule has 3 aromatic rings. The van der Waals surface area contributed by atoms with Crippen molar-refractivity contribution in [3.63, 3.8) is 0 Å². The van der Waals surface area contributed by atoms with Crippen molar-refractivity contribution in [3.05, 3.63) is 59.8 Å². The number of benzene rings is 2. The first kappa shape index (κ1) is 14.3. The van der Waals surface area contributed by atoms with Crippen LogP contribution in [-0.4, -0.2) is 17.7 Å². The summed E-state index contributed by atoms with van der Waals surface area (Å²) in [6, 6.07) is 13.0. The smallest absolute Gasteiger partial charge is 0.249 e. The van der Waals surface area contributed by atoms with Crippen molar-refractivity contribution in [3.8, 4) is 11.5 Å². The Morgan fingerprint density at radius 1 is 1.17 bits per heavy atom. The number of nitrogens with one attached hydrogen (secondary N) is 1. The second-order valence-corrected chi connectivity index (χ2v) is 5.47. The van der Waals surface area contributed by atoms with Gasteiger partial charge in [-0.25, -0.2) is 0 Å². The average molecular weight is 321 g/mol. The van der Waals surface area contributed by atoms with Crippen molar-refractivity contribution < 1.29 is 14.3 Å². The summed E-state index contributed by atoms with van der Waals surface area (Å²) >= 11 is 0. The number of nitrogens with two attached hydrogens (primary N) is 1. The molecule has 1 aliphatic heterocycles. The average Bonchev–Trinajstić information content (AvgIpc) is 3.07. The number of hydrogen-bond donors (Lipinski definition) is 2. The number of carbonyl (C=O) groups is 1. The second-order valence-electron chi connectivity index (χ2n) is 5.47. The molecular formula is C18H15N3O3. The molecule has 1 aliphatic rings. The van der Waals surface area contributed by atoms with E-state index in [0.29, 0.717) is 12.1 Å². The SMILES string of the molecule is NC(=O)c1ccc(NCc2ccc3c(c2)OCO3)c2ncccc12. The van der Waals surface area contributed by atoms with Crippen LogP contribution in [0.2, 0.25) is 0 Å². The van der Waals surface area contributed by atoms with Crippen molar-refractivity contribution >= 4 is 22.5 Å². The van der Waals surface area contributed by atoms with E-state index in [4.69, 9.17) is 15.2 Å². The highest BCUT2D eigenvalue weighted by atomic mass is 16.7. The van der Waals surface area contributed by atoms with Gasteiger partial charge in [-0.3, -0.25) is 9.78 Å². The lowest BCUT2D eigenvalue weighted by Crippen LogP contribution is -2.12. The van der Waals surface area contributed by atoms with Gasteiger partial charge in [-0.1, -0.05) is 12.1 Å². The number of nitrogens with zero attached hydrogens (tertiary/aromatic N) is 1. The van der Waals surface area contributed by atoms with E-state index in [-0.39, 0.29) is 6.79 Å². The fraction of sp³-hybridized carbons (Fsp3) is 0.111. The summed E-state index contributed by atoms with van der Waals surface area (Å²) in [6.45, 7) is 0.855. The van der Waals surface area contributed by atoms with E-state index in [1.54, 1.807) is 18.3 Å². The zero-order valence-corrected chi connectivity index (χ0v) is 12.8. The molecular weight excluding hydrogens is 306 g/mol. The molecule has 0 radical (unpaired) electrons. The van der Waals surface area contributed by atoms with Crippen LogP contribution < -0.4 is 20.5 Å². The van der Waals surface area contributed by atoms with Crippen molar-refractivity contribution in [2.24, 2.45) is 5.73 Å². The molecule has 0 saturated heterocycles. The van der Waals surface area contributed by atoms with Gasteiger partial charge in [0.1, 0.15) is 0 Å². The molecule has 3 N–H and O–H groups in total. The number of carbonyl (C=O) groups excluding carboxylic acids is 1. The maximum absolute atomic E-state index is 11.6. The van der Waals surface area contributed by atoms with Gasteiger partial charge in [0.25, 0.3) is 0 Å². The number of anilines is 1. The molecule has 0 aliphatic carbocycles. The zero-order valence-electron chi connectivity index (χ0n) is 12.8. The molecule has 1 aromatic heterocycles. The van der Waals surface area contributed by atoms with Gasteiger partial charge in [0.05, 0.1) is 11.2 Å².